The molecule has 0 fully saturated rings. The van der Waals surface area contributed by atoms with Crippen LogP contribution in [0.15, 0.2) is 24.3 Å². The first kappa shape index (κ1) is 10.3. The van der Waals surface area contributed by atoms with E-state index in [0.717, 1.165) is 19.3 Å². The summed E-state index contributed by atoms with van der Waals surface area (Å²) in [7, 11) is 0. The van der Waals surface area contributed by atoms with Gasteiger partial charge >= 0.3 is 0 Å². The molecule has 0 bridgehead atoms. The van der Waals surface area contributed by atoms with Gasteiger partial charge in [-0.1, -0.05) is 36.8 Å². The summed E-state index contributed by atoms with van der Waals surface area (Å²) in [4.78, 5) is 0. The van der Waals surface area contributed by atoms with E-state index in [-0.39, 0.29) is 0 Å². The summed E-state index contributed by atoms with van der Waals surface area (Å²) in [5.74, 6) is 0. The lowest BCUT2D eigenvalue weighted by Gasteiger charge is -2.07. The lowest BCUT2D eigenvalue weighted by molar-refractivity contribution is 0.596. The number of aryl methyl sites for hydroxylation is 2. The number of benzene rings is 1. The van der Waals surface area contributed by atoms with Crippen LogP contribution in [0.1, 0.15) is 30.9 Å². The molecule has 0 aliphatic rings. The molecule has 0 saturated heterocycles. The van der Waals surface area contributed by atoms with Gasteiger partial charge < -0.3 is 5.73 Å². The normalized spacial score (nSPS) is 12.8. The van der Waals surface area contributed by atoms with Crippen LogP contribution in [0.3, 0.4) is 0 Å². The number of nitrogens with two attached hydrogens (primary N) is 1. The maximum Gasteiger partial charge on any atom is 0.00393 e. The van der Waals surface area contributed by atoms with Crippen molar-refractivity contribution in [3.63, 3.8) is 0 Å². The molecule has 0 aromatic heterocycles. The molecular formula is C12H19N. The highest BCUT2D eigenvalue weighted by Crippen LogP contribution is 2.07. The van der Waals surface area contributed by atoms with E-state index in [9.17, 15) is 0 Å². The summed E-state index contributed by atoms with van der Waals surface area (Å²) in [6, 6.07) is 9.07. The summed E-state index contributed by atoms with van der Waals surface area (Å²) >= 11 is 0. The van der Waals surface area contributed by atoms with Crippen molar-refractivity contribution in [2.45, 2.75) is 39.2 Å². The van der Waals surface area contributed by atoms with Crippen LogP contribution in [0.2, 0.25) is 0 Å². The van der Waals surface area contributed by atoms with Gasteiger partial charge in [0.1, 0.15) is 0 Å². The molecule has 0 radical (unpaired) electrons. The van der Waals surface area contributed by atoms with Gasteiger partial charge in [-0.15, -0.1) is 0 Å². The van der Waals surface area contributed by atoms with Crippen LogP contribution in [0, 0.1) is 6.92 Å². The second kappa shape index (κ2) is 5.03. The SMILES string of the molecule is CCC(N)CCc1ccc(C)cc1. The Morgan fingerprint density at radius 2 is 1.85 bits per heavy atom. The lowest BCUT2D eigenvalue weighted by atomic mass is 10.0. The molecule has 1 aromatic rings. The molecule has 0 aliphatic heterocycles. The molecule has 1 rings (SSSR count). The molecule has 1 heteroatoms. The van der Waals surface area contributed by atoms with Crippen molar-refractivity contribution < 1.29 is 0 Å². The van der Waals surface area contributed by atoms with E-state index in [1.807, 2.05) is 0 Å². The van der Waals surface area contributed by atoms with Crippen molar-refractivity contribution in [1.29, 1.82) is 0 Å². The monoisotopic (exact) mass is 177 g/mol. The fourth-order valence-electron chi connectivity index (χ4n) is 1.31. The zero-order valence-corrected chi connectivity index (χ0v) is 8.59. The van der Waals surface area contributed by atoms with Crippen molar-refractivity contribution in [1.82, 2.24) is 0 Å². The molecule has 1 aromatic carbocycles. The Balaban J connectivity index is 2.41. The molecule has 0 amide bonds. The molecule has 1 atom stereocenters. The van der Waals surface area contributed by atoms with Crippen LogP contribution in [0.5, 0.6) is 0 Å². The summed E-state index contributed by atoms with van der Waals surface area (Å²) in [6.45, 7) is 4.25. The molecule has 13 heavy (non-hydrogen) atoms. The molecule has 0 saturated carbocycles. The second-order valence-electron chi connectivity index (χ2n) is 3.69. The first-order chi connectivity index (χ1) is 6.22. The Morgan fingerprint density at radius 1 is 1.23 bits per heavy atom. The van der Waals surface area contributed by atoms with Crippen molar-refractivity contribution in [3.8, 4) is 0 Å². The first-order valence-electron chi connectivity index (χ1n) is 5.03. The smallest absolute Gasteiger partial charge is 0.00393 e. The lowest BCUT2D eigenvalue weighted by Crippen LogP contribution is -2.18. The summed E-state index contributed by atoms with van der Waals surface area (Å²) in [5.41, 5.74) is 8.57. The minimum absolute atomic E-state index is 0.362. The summed E-state index contributed by atoms with van der Waals surface area (Å²) in [6.07, 6.45) is 3.28. The van der Waals surface area contributed by atoms with Crippen LogP contribution in [-0.4, -0.2) is 6.04 Å². The maximum absolute atomic E-state index is 5.85. The minimum Gasteiger partial charge on any atom is -0.328 e. The Bertz CT molecular complexity index is 238. The highest BCUT2D eigenvalue weighted by molar-refractivity contribution is 5.21. The minimum atomic E-state index is 0.362. The third-order valence-electron chi connectivity index (χ3n) is 2.45. The Labute approximate surface area is 81.0 Å². The van der Waals surface area contributed by atoms with Gasteiger partial charge in [0, 0.05) is 6.04 Å². The molecule has 1 unspecified atom stereocenters. The quantitative estimate of drug-likeness (QED) is 0.751. The van der Waals surface area contributed by atoms with E-state index in [4.69, 9.17) is 5.73 Å². The highest BCUT2D eigenvalue weighted by Gasteiger charge is 1.99. The first-order valence-corrected chi connectivity index (χ1v) is 5.03. The topological polar surface area (TPSA) is 26.0 Å². The van der Waals surface area contributed by atoms with E-state index in [0.29, 0.717) is 6.04 Å². The van der Waals surface area contributed by atoms with Gasteiger partial charge in [-0.2, -0.15) is 0 Å². The summed E-state index contributed by atoms with van der Waals surface area (Å²) in [5, 5.41) is 0. The number of hydrogen-bond acceptors (Lipinski definition) is 1. The van der Waals surface area contributed by atoms with Gasteiger partial charge in [0.25, 0.3) is 0 Å². The highest BCUT2D eigenvalue weighted by atomic mass is 14.6. The van der Waals surface area contributed by atoms with Crippen molar-refractivity contribution in [2.75, 3.05) is 0 Å². The Morgan fingerprint density at radius 3 is 2.38 bits per heavy atom. The summed E-state index contributed by atoms with van der Waals surface area (Å²) < 4.78 is 0. The fourth-order valence-corrected chi connectivity index (χ4v) is 1.31. The molecule has 72 valence electrons. The Hall–Kier alpha value is -0.820. The maximum atomic E-state index is 5.85. The van der Waals surface area contributed by atoms with Gasteiger partial charge in [-0.05, 0) is 31.7 Å². The molecular weight excluding hydrogens is 158 g/mol. The molecule has 2 N–H and O–H groups in total. The second-order valence-corrected chi connectivity index (χ2v) is 3.69. The van der Waals surface area contributed by atoms with Crippen LogP contribution in [-0.2, 0) is 6.42 Å². The van der Waals surface area contributed by atoms with Gasteiger partial charge in [0.2, 0.25) is 0 Å². The van der Waals surface area contributed by atoms with E-state index in [2.05, 4.69) is 38.1 Å². The molecule has 1 nitrogen and oxygen atoms in total. The molecule has 0 spiro atoms. The van der Waals surface area contributed by atoms with Crippen molar-refractivity contribution in [2.24, 2.45) is 5.73 Å². The number of rotatable bonds is 4. The van der Waals surface area contributed by atoms with E-state index in [1.165, 1.54) is 11.1 Å². The standard InChI is InChI=1S/C12H19N/c1-3-12(13)9-8-11-6-4-10(2)5-7-11/h4-7,12H,3,8-9,13H2,1-2H3. The Kier molecular flexibility index (Phi) is 3.97. The molecule has 0 aliphatic carbocycles. The van der Waals surface area contributed by atoms with Crippen LogP contribution < -0.4 is 5.73 Å². The molecule has 0 heterocycles. The average Bonchev–Trinajstić information content (AvgIpc) is 2.16. The van der Waals surface area contributed by atoms with E-state index >= 15 is 0 Å². The zero-order chi connectivity index (χ0) is 9.68. The van der Waals surface area contributed by atoms with E-state index < -0.39 is 0 Å². The average molecular weight is 177 g/mol. The largest absolute Gasteiger partial charge is 0.328 e. The van der Waals surface area contributed by atoms with Gasteiger partial charge in [-0.25, -0.2) is 0 Å². The van der Waals surface area contributed by atoms with Gasteiger partial charge in [0.15, 0.2) is 0 Å². The van der Waals surface area contributed by atoms with Gasteiger partial charge in [-0.3, -0.25) is 0 Å². The van der Waals surface area contributed by atoms with Crippen LogP contribution in [0.4, 0.5) is 0 Å². The third-order valence-corrected chi connectivity index (χ3v) is 2.45. The fraction of sp³-hybridized carbons (Fsp3) is 0.500. The number of hydrogen-bond donors (Lipinski definition) is 1. The van der Waals surface area contributed by atoms with E-state index in [1.54, 1.807) is 0 Å². The van der Waals surface area contributed by atoms with Crippen molar-refractivity contribution >= 4 is 0 Å². The van der Waals surface area contributed by atoms with Crippen LogP contribution in [0.25, 0.3) is 0 Å². The predicted molar refractivity (Wildman–Crippen MR) is 57.8 cm³/mol. The zero-order valence-electron chi connectivity index (χ0n) is 8.59. The van der Waals surface area contributed by atoms with Crippen LogP contribution >= 0.6 is 0 Å². The van der Waals surface area contributed by atoms with Gasteiger partial charge in [0.05, 0.1) is 0 Å². The third kappa shape index (κ3) is 3.60. The van der Waals surface area contributed by atoms with Crippen molar-refractivity contribution in [3.05, 3.63) is 35.4 Å². The predicted octanol–water partition coefficient (Wildman–Crippen LogP) is 2.66.